The summed E-state index contributed by atoms with van der Waals surface area (Å²) in [6, 6.07) is 4.40. The number of benzene rings is 2. The second kappa shape index (κ2) is 7.51. The number of nitrogens with one attached hydrogen (secondary N) is 1. The largest absolute Gasteiger partial charge is 0.505 e. The predicted molar refractivity (Wildman–Crippen MR) is 88.9 cm³/mol. The summed E-state index contributed by atoms with van der Waals surface area (Å²) in [5, 5.41) is 30.3. The van der Waals surface area contributed by atoms with Gasteiger partial charge in [0.05, 0.1) is 5.56 Å². The third kappa shape index (κ3) is 4.08. The zero-order valence-electron chi connectivity index (χ0n) is 12.9. The monoisotopic (exact) mass is 409 g/mol. The van der Waals surface area contributed by atoms with E-state index in [1.54, 1.807) is 0 Å². The fourth-order valence-electron chi connectivity index (χ4n) is 2.14. The molecule has 140 valence electrons. The van der Waals surface area contributed by atoms with Crippen molar-refractivity contribution >= 4 is 29.1 Å². The van der Waals surface area contributed by atoms with Crippen molar-refractivity contribution in [1.29, 1.82) is 0 Å². The summed E-state index contributed by atoms with van der Waals surface area (Å²) in [4.78, 5) is 12.1. The van der Waals surface area contributed by atoms with E-state index in [1.165, 1.54) is 12.1 Å². The average Bonchev–Trinajstić information content (AvgIpc) is 2.58. The van der Waals surface area contributed by atoms with E-state index < -0.39 is 50.5 Å². The number of phenols is 3. The molecule has 0 bridgehead atoms. The number of carbonyl (C=O) groups is 1. The van der Waals surface area contributed by atoms with Gasteiger partial charge in [-0.2, -0.15) is 13.2 Å². The molecule has 2 aromatic rings. The first-order valence-corrected chi connectivity index (χ1v) is 7.85. The molecule has 0 saturated heterocycles. The molecule has 5 nitrogen and oxygen atoms in total. The van der Waals surface area contributed by atoms with E-state index >= 15 is 0 Å². The molecule has 0 saturated carbocycles. The van der Waals surface area contributed by atoms with E-state index in [0.29, 0.717) is 5.56 Å². The maximum Gasteiger partial charge on any atom is 0.416 e. The van der Waals surface area contributed by atoms with Crippen molar-refractivity contribution in [3.8, 4) is 17.2 Å². The molecule has 0 radical (unpaired) electrons. The number of aromatic hydroxyl groups is 3. The quantitative estimate of drug-likeness (QED) is 0.611. The lowest BCUT2D eigenvalue weighted by atomic mass is 10.1. The molecule has 0 aliphatic rings. The SMILES string of the molecule is O=C(NCCc1ccc(C(F)(F)F)cc1)c1c(O)c(Cl)c(O)c(Cl)c1O. The van der Waals surface area contributed by atoms with Crippen LogP contribution in [0.1, 0.15) is 21.5 Å². The zero-order valence-corrected chi connectivity index (χ0v) is 14.4. The molecule has 0 unspecified atom stereocenters. The molecule has 0 atom stereocenters. The van der Waals surface area contributed by atoms with Crippen molar-refractivity contribution in [3.05, 3.63) is 51.0 Å². The molecular weight excluding hydrogens is 398 g/mol. The standard InChI is InChI=1S/C16H12Cl2F3NO4/c17-10-12(23)9(13(24)11(18)14(10)25)15(26)22-6-5-7-1-3-8(4-2-7)16(19,20)21/h1-4,23-25H,5-6H2,(H,22,26). The molecule has 2 aromatic carbocycles. The number of halogens is 5. The van der Waals surface area contributed by atoms with Gasteiger partial charge in [0.25, 0.3) is 5.91 Å². The van der Waals surface area contributed by atoms with Crippen molar-refractivity contribution < 1.29 is 33.3 Å². The van der Waals surface area contributed by atoms with E-state index in [-0.39, 0.29) is 13.0 Å². The van der Waals surface area contributed by atoms with Crippen molar-refractivity contribution in [2.24, 2.45) is 0 Å². The van der Waals surface area contributed by atoms with Crippen LogP contribution in [0.5, 0.6) is 17.2 Å². The maximum absolute atomic E-state index is 12.5. The average molecular weight is 410 g/mol. The van der Waals surface area contributed by atoms with Gasteiger partial charge in [0.2, 0.25) is 0 Å². The smallest absolute Gasteiger partial charge is 0.416 e. The lowest BCUT2D eigenvalue weighted by Crippen LogP contribution is -2.26. The van der Waals surface area contributed by atoms with Crippen LogP contribution < -0.4 is 5.32 Å². The van der Waals surface area contributed by atoms with Gasteiger partial charge >= 0.3 is 6.18 Å². The Balaban J connectivity index is 2.06. The first-order chi connectivity index (χ1) is 12.0. The van der Waals surface area contributed by atoms with Crippen LogP contribution in [0.4, 0.5) is 13.2 Å². The van der Waals surface area contributed by atoms with E-state index in [9.17, 15) is 33.3 Å². The Labute approximate surface area is 155 Å². The van der Waals surface area contributed by atoms with Gasteiger partial charge in [-0.15, -0.1) is 0 Å². The maximum atomic E-state index is 12.5. The van der Waals surface area contributed by atoms with Gasteiger partial charge in [-0.25, -0.2) is 0 Å². The van der Waals surface area contributed by atoms with Crippen molar-refractivity contribution in [3.63, 3.8) is 0 Å². The van der Waals surface area contributed by atoms with Crippen LogP contribution in [0.15, 0.2) is 24.3 Å². The molecule has 26 heavy (non-hydrogen) atoms. The Kier molecular flexibility index (Phi) is 5.77. The van der Waals surface area contributed by atoms with E-state index in [1.807, 2.05) is 0 Å². The van der Waals surface area contributed by atoms with Crippen LogP contribution in [-0.2, 0) is 12.6 Å². The number of hydrogen-bond donors (Lipinski definition) is 4. The number of alkyl halides is 3. The summed E-state index contributed by atoms with van der Waals surface area (Å²) in [7, 11) is 0. The molecule has 0 spiro atoms. The highest BCUT2D eigenvalue weighted by Gasteiger charge is 2.30. The Morgan fingerprint density at radius 1 is 0.962 bits per heavy atom. The minimum atomic E-state index is -4.43. The number of hydrogen-bond acceptors (Lipinski definition) is 4. The molecule has 0 fully saturated rings. The number of rotatable bonds is 4. The lowest BCUT2D eigenvalue weighted by molar-refractivity contribution is -0.137. The fourth-order valence-corrected chi connectivity index (χ4v) is 2.56. The summed E-state index contributed by atoms with van der Waals surface area (Å²) in [5.41, 5.74) is -0.868. The molecule has 0 aliphatic carbocycles. The normalized spacial score (nSPS) is 11.4. The van der Waals surface area contributed by atoms with Crippen molar-refractivity contribution in [2.45, 2.75) is 12.6 Å². The minimum Gasteiger partial charge on any atom is -0.505 e. The number of carbonyl (C=O) groups excluding carboxylic acids is 1. The van der Waals surface area contributed by atoms with Crippen molar-refractivity contribution in [1.82, 2.24) is 5.32 Å². The summed E-state index contributed by atoms with van der Waals surface area (Å²) in [5.74, 6) is -3.39. The molecule has 2 rings (SSSR count). The molecule has 0 heterocycles. The second-order valence-electron chi connectivity index (χ2n) is 5.25. The highest BCUT2D eigenvalue weighted by Crippen LogP contribution is 2.47. The Morgan fingerprint density at radius 3 is 1.92 bits per heavy atom. The molecule has 10 heteroatoms. The second-order valence-corrected chi connectivity index (χ2v) is 6.01. The highest BCUT2D eigenvalue weighted by molar-refractivity contribution is 6.40. The third-order valence-corrected chi connectivity index (χ3v) is 4.23. The van der Waals surface area contributed by atoms with Crippen LogP contribution in [0.3, 0.4) is 0 Å². The van der Waals surface area contributed by atoms with Gasteiger partial charge in [-0.3, -0.25) is 4.79 Å². The first-order valence-electron chi connectivity index (χ1n) is 7.10. The minimum absolute atomic E-state index is 0.000801. The highest BCUT2D eigenvalue weighted by atomic mass is 35.5. The number of amides is 1. The molecule has 0 aliphatic heterocycles. The van der Waals surface area contributed by atoms with Gasteiger partial charge in [0.1, 0.15) is 15.6 Å². The van der Waals surface area contributed by atoms with Gasteiger partial charge in [-0.1, -0.05) is 35.3 Å². The Morgan fingerprint density at radius 2 is 1.46 bits per heavy atom. The van der Waals surface area contributed by atoms with Gasteiger partial charge < -0.3 is 20.6 Å². The molecule has 4 N–H and O–H groups in total. The van der Waals surface area contributed by atoms with Gasteiger partial charge in [-0.05, 0) is 24.1 Å². The molecule has 0 aromatic heterocycles. The summed E-state index contributed by atoms with van der Waals surface area (Å²) in [6.07, 6.45) is -4.23. The van der Waals surface area contributed by atoms with Gasteiger partial charge in [0.15, 0.2) is 17.2 Å². The molecule has 1 amide bonds. The van der Waals surface area contributed by atoms with Crippen LogP contribution in [-0.4, -0.2) is 27.8 Å². The zero-order chi connectivity index (χ0) is 19.6. The van der Waals surface area contributed by atoms with Crippen LogP contribution >= 0.6 is 23.2 Å². The fraction of sp³-hybridized carbons (Fsp3) is 0.188. The molecular formula is C16H12Cl2F3NO4. The summed E-state index contributed by atoms with van der Waals surface area (Å²) in [6.45, 7) is -0.000801. The number of phenolic OH excluding ortho intramolecular Hbond substituents is 3. The van der Waals surface area contributed by atoms with E-state index in [4.69, 9.17) is 23.2 Å². The van der Waals surface area contributed by atoms with Crippen LogP contribution in [0.2, 0.25) is 10.0 Å². The van der Waals surface area contributed by atoms with Crippen LogP contribution in [0.25, 0.3) is 0 Å². The first kappa shape index (κ1) is 20.0. The summed E-state index contributed by atoms with van der Waals surface area (Å²) >= 11 is 11.2. The van der Waals surface area contributed by atoms with Gasteiger partial charge in [0, 0.05) is 6.54 Å². The lowest BCUT2D eigenvalue weighted by Gasteiger charge is -2.12. The van der Waals surface area contributed by atoms with Crippen molar-refractivity contribution in [2.75, 3.05) is 6.54 Å². The van der Waals surface area contributed by atoms with E-state index in [0.717, 1.165) is 12.1 Å². The summed E-state index contributed by atoms with van der Waals surface area (Å²) < 4.78 is 37.5. The van der Waals surface area contributed by atoms with Crippen LogP contribution in [0, 0.1) is 0 Å². The predicted octanol–water partition coefficient (Wildman–Crippen LogP) is 4.10. The Hall–Kier alpha value is -2.32. The third-order valence-electron chi connectivity index (χ3n) is 3.51. The topological polar surface area (TPSA) is 89.8 Å². The Bertz CT molecular complexity index is 810. The van der Waals surface area contributed by atoms with E-state index in [2.05, 4.69) is 5.32 Å².